The number of carbonyl (C=O) groups excluding carboxylic acids is 1. The molecule has 0 bridgehead atoms. The van der Waals surface area contributed by atoms with Gasteiger partial charge in [0.15, 0.2) is 0 Å². The molecule has 0 saturated carbocycles. The summed E-state index contributed by atoms with van der Waals surface area (Å²) in [4.78, 5) is 17.3. The Labute approximate surface area is 194 Å². The van der Waals surface area contributed by atoms with Crippen molar-refractivity contribution in [1.82, 2.24) is 20.1 Å². The van der Waals surface area contributed by atoms with E-state index in [1.807, 2.05) is 70.2 Å². The number of amides is 1. The first-order valence-electron chi connectivity index (χ1n) is 11.2. The third-order valence-corrected chi connectivity index (χ3v) is 6.05. The minimum absolute atomic E-state index is 0.0628. The van der Waals surface area contributed by atoms with E-state index in [1.54, 1.807) is 4.68 Å². The molecule has 0 fully saturated rings. The molecule has 6 nitrogen and oxygen atoms in total. The Morgan fingerprint density at radius 1 is 1.00 bits per heavy atom. The predicted molar refractivity (Wildman–Crippen MR) is 129 cm³/mol. The average molecular weight is 443 g/mol. The van der Waals surface area contributed by atoms with E-state index in [2.05, 4.69) is 23.4 Å². The van der Waals surface area contributed by atoms with Crippen molar-refractivity contribution in [3.8, 4) is 11.5 Å². The van der Waals surface area contributed by atoms with Gasteiger partial charge in [0.25, 0.3) is 0 Å². The zero-order valence-corrected chi connectivity index (χ0v) is 19.9. The topological polar surface area (TPSA) is 73.0 Å². The third kappa shape index (κ3) is 5.06. The lowest BCUT2D eigenvalue weighted by molar-refractivity contribution is -0.122. The van der Waals surface area contributed by atoms with Crippen molar-refractivity contribution in [1.29, 1.82) is 0 Å². The van der Waals surface area contributed by atoms with E-state index in [-0.39, 0.29) is 12.5 Å². The smallest absolute Gasteiger partial charge is 0.242 e. The van der Waals surface area contributed by atoms with Gasteiger partial charge in [0.1, 0.15) is 12.3 Å². The van der Waals surface area contributed by atoms with Crippen molar-refractivity contribution in [2.45, 2.75) is 54.1 Å². The second kappa shape index (κ2) is 9.45. The van der Waals surface area contributed by atoms with Gasteiger partial charge in [-0.05, 0) is 51.8 Å². The molecule has 2 aromatic carbocycles. The van der Waals surface area contributed by atoms with Gasteiger partial charge in [-0.3, -0.25) is 9.48 Å². The van der Waals surface area contributed by atoms with Gasteiger partial charge in [-0.1, -0.05) is 48.0 Å². The molecule has 0 saturated heterocycles. The molecule has 4 rings (SSSR count). The molecule has 0 aliphatic rings. The van der Waals surface area contributed by atoms with Gasteiger partial charge in [-0.15, -0.1) is 0 Å². The van der Waals surface area contributed by atoms with Crippen LogP contribution < -0.4 is 5.32 Å². The quantitative estimate of drug-likeness (QED) is 0.438. The molecule has 170 valence electrons. The van der Waals surface area contributed by atoms with Crippen LogP contribution in [0.15, 0.2) is 52.9 Å². The van der Waals surface area contributed by atoms with E-state index in [0.717, 1.165) is 45.1 Å². The lowest BCUT2D eigenvalue weighted by Crippen LogP contribution is -2.28. The van der Waals surface area contributed by atoms with Crippen molar-refractivity contribution in [3.05, 3.63) is 93.6 Å². The highest BCUT2D eigenvalue weighted by molar-refractivity contribution is 5.75. The summed E-state index contributed by atoms with van der Waals surface area (Å²) in [5.74, 6) is 1.38. The summed E-state index contributed by atoms with van der Waals surface area (Å²) in [5.41, 5.74) is 8.25. The maximum Gasteiger partial charge on any atom is 0.242 e. The number of nitrogens with zero attached hydrogens (tertiary/aromatic N) is 3. The number of oxazole rings is 1. The summed E-state index contributed by atoms with van der Waals surface area (Å²) in [5, 5.41) is 7.60. The molecule has 33 heavy (non-hydrogen) atoms. The number of nitrogens with one attached hydrogen (secondary N) is 1. The number of hydrogen-bond acceptors (Lipinski definition) is 4. The van der Waals surface area contributed by atoms with Crippen molar-refractivity contribution >= 4 is 5.91 Å². The zero-order valence-electron chi connectivity index (χ0n) is 19.9. The monoisotopic (exact) mass is 442 g/mol. The SMILES string of the molecule is Cc1ccc(CNC(=O)Cn2nc(C)c(Cc3nc(-c4ccccc4C)oc3C)c2C)cc1. The van der Waals surface area contributed by atoms with E-state index in [9.17, 15) is 4.79 Å². The summed E-state index contributed by atoms with van der Waals surface area (Å²) in [6, 6.07) is 16.2. The second-order valence-corrected chi connectivity index (χ2v) is 8.58. The van der Waals surface area contributed by atoms with Crippen molar-refractivity contribution in [2.75, 3.05) is 0 Å². The van der Waals surface area contributed by atoms with Gasteiger partial charge in [-0.25, -0.2) is 4.98 Å². The van der Waals surface area contributed by atoms with E-state index in [1.165, 1.54) is 5.56 Å². The van der Waals surface area contributed by atoms with Crippen molar-refractivity contribution in [3.63, 3.8) is 0 Å². The molecule has 4 aromatic rings. The van der Waals surface area contributed by atoms with Crippen LogP contribution in [-0.2, 0) is 24.3 Å². The van der Waals surface area contributed by atoms with E-state index in [0.29, 0.717) is 18.9 Å². The number of rotatable bonds is 7. The minimum atomic E-state index is -0.0628. The highest BCUT2D eigenvalue weighted by atomic mass is 16.4. The van der Waals surface area contributed by atoms with Gasteiger partial charge in [-0.2, -0.15) is 5.10 Å². The molecule has 1 N–H and O–H groups in total. The summed E-state index contributed by atoms with van der Waals surface area (Å²) in [6.07, 6.45) is 0.615. The summed E-state index contributed by atoms with van der Waals surface area (Å²) in [6.45, 7) is 10.7. The Bertz CT molecular complexity index is 1280. The van der Waals surface area contributed by atoms with Crippen LogP contribution >= 0.6 is 0 Å². The van der Waals surface area contributed by atoms with Crippen LogP contribution in [0.1, 0.15) is 45.1 Å². The maximum absolute atomic E-state index is 12.5. The number of hydrogen-bond donors (Lipinski definition) is 1. The van der Waals surface area contributed by atoms with Crippen LogP contribution in [0.5, 0.6) is 0 Å². The lowest BCUT2D eigenvalue weighted by Gasteiger charge is -2.08. The van der Waals surface area contributed by atoms with Gasteiger partial charge >= 0.3 is 0 Å². The Morgan fingerprint density at radius 2 is 1.73 bits per heavy atom. The highest BCUT2D eigenvalue weighted by Gasteiger charge is 2.19. The van der Waals surface area contributed by atoms with Crippen LogP contribution in [0.2, 0.25) is 0 Å². The summed E-state index contributed by atoms with van der Waals surface area (Å²) < 4.78 is 7.75. The fourth-order valence-electron chi connectivity index (χ4n) is 3.93. The molecule has 0 aliphatic heterocycles. The number of carbonyl (C=O) groups is 1. The van der Waals surface area contributed by atoms with Gasteiger partial charge in [0, 0.05) is 29.8 Å². The standard InChI is InChI=1S/C27H30N4O2/c1-17-10-12-22(13-11-17)15-28-26(32)16-31-20(4)24(19(3)30-31)14-25-21(5)33-27(29-25)23-9-7-6-8-18(23)2/h6-13H,14-16H2,1-5H3,(H,28,32). The van der Waals surface area contributed by atoms with E-state index < -0.39 is 0 Å². The van der Waals surface area contributed by atoms with Gasteiger partial charge in [0.05, 0.1) is 11.4 Å². The van der Waals surface area contributed by atoms with Crippen molar-refractivity contribution < 1.29 is 9.21 Å². The first-order chi connectivity index (χ1) is 15.8. The Kier molecular flexibility index (Phi) is 6.45. The zero-order chi connectivity index (χ0) is 23.5. The Morgan fingerprint density at radius 3 is 2.45 bits per heavy atom. The lowest BCUT2D eigenvalue weighted by atomic mass is 10.1. The van der Waals surface area contributed by atoms with Crippen LogP contribution in [0.25, 0.3) is 11.5 Å². The number of benzene rings is 2. The van der Waals surface area contributed by atoms with Crippen LogP contribution in [0.4, 0.5) is 0 Å². The number of aromatic nitrogens is 3. The fourth-order valence-corrected chi connectivity index (χ4v) is 3.93. The first kappa shape index (κ1) is 22.5. The van der Waals surface area contributed by atoms with Crippen LogP contribution in [-0.4, -0.2) is 20.7 Å². The van der Waals surface area contributed by atoms with Crippen molar-refractivity contribution in [2.24, 2.45) is 0 Å². The normalized spacial score (nSPS) is 11.1. The maximum atomic E-state index is 12.5. The van der Waals surface area contributed by atoms with Gasteiger partial charge in [0.2, 0.25) is 11.8 Å². The highest BCUT2D eigenvalue weighted by Crippen LogP contribution is 2.27. The second-order valence-electron chi connectivity index (χ2n) is 8.58. The third-order valence-electron chi connectivity index (χ3n) is 6.05. The molecule has 1 amide bonds. The Balaban J connectivity index is 1.46. The number of aryl methyl sites for hydroxylation is 4. The molecule has 6 heteroatoms. The molecular formula is C27H30N4O2. The minimum Gasteiger partial charge on any atom is -0.441 e. The molecule has 0 radical (unpaired) electrons. The fraction of sp³-hybridized carbons (Fsp3) is 0.296. The van der Waals surface area contributed by atoms with E-state index >= 15 is 0 Å². The Hall–Kier alpha value is -3.67. The summed E-state index contributed by atoms with van der Waals surface area (Å²) >= 11 is 0. The van der Waals surface area contributed by atoms with E-state index in [4.69, 9.17) is 9.40 Å². The summed E-state index contributed by atoms with van der Waals surface area (Å²) in [7, 11) is 0. The molecule has 0 spiro atoms. The molecule has 0 unspecified atom stereocenters. The largest absolute Gasteiger partial charge is 0.441 e. The first-order valence-corrected chi connectivity index (χ1v) is 11.2. The van der Waals surface area contributed by atoms with Gasteiger partial charge < -0.3 is 9.73 Å². The molecule has 2 heterocycles. The molecule has 0 aliphatic carbocycles. The molecule has 0 atom stereocenters. The molecule has 2 aromatic heterocycles. The molecular weight excluding hydrogens is 412 g/mol. The van der Waals surface area contributed by atoms with Crippen LogP contribution in [0.3, 0.4) is 0 Å². The van der Waals surface area contributed by atoms with Crippen LogP contribution in [0, 0.1) is 34.6 Å². The average Bonchev–Trinajstić information content (AvgIpc) is 3.28. The predicted octanol–water partition coefficient (Wildman–Crippen LogP) is 4.99.